The van der Waals surface area contributed by atoms with Crippen molar-refractivity contribution in [3.8, 4) is 0 Å². The Morgan fingerprint density at radius 3 is 2.53 bits per heavy atom. The van der Waals surface area contributed by atoms with E-state index < -0.39 is 10.0 Å². The van der Waals surface area contributed by atoms with E-state index in [0.29, 0.717) is 6.42 Å². The van der Waals surface area contributed by atoms with Gasteiger partial charge in [0.05, 0.1) is 5.69 Å². The molecule has 0 saturated heterocycles. The fraction of sp³-hybridized carbons (Fsp3) is 0.500. The van der Waals surface area contributed by atoms with Crippen molar-refractivity contribution in [2.24, 2.45) is 5.92 Å². The van der Waals surface area contributed by atoms with Gasteiger partial charge in [-0.2, -0.15) is 0 Å². The molecule has 1 aromatic rings. The van der Waals surface area contributed by atoms with Gasteiger partial charge in [-0.05, 0) is 30.5 Å². The van der Waals surface area contributed by atoms with Crippen molar-refractivity contribution >= 4 is 31.6 Å². The van der Waals surface area contributed by atoms with E-state index in [4.69, 9.17) is 10.8 Å². The second-order valence-electron chi connectivity index (χ2n) is 4.67. The lowest BCUT2D eigenvalue weighted by molar-refractivity contribution is 0.256. The summed E-state index contributed by atoms with van der Waals surface area (Å²) in [5, 5.41) is 8.98. The Hall–Kier alpha value is -0.630. The molecule has 0 radical (unpaired) electrons. The molecule has 7 heteroatoms. The molecule has 0 aliphatic rings. The zero-order chi connectivity index (χ0) is 14.6. The molecular formula is C12H19BrN2O3S. The van der Waals surface area contributed by atoms with Crippen LogP contribution in [0.5, 0.6) is 0 Å². The van der Waals surface area contributed by atoms with Crippen LogP contribution in [-0.2, 0) is 10.0 Å². The lowest BCUT2D eigenvalue weighted by Gasteiger charge is -2.21. The Morgan fingerprint density at radius 1 is 1.42 bits per heavy atom. The van der Waals surface area contributed by atoms with Crippen molar-refractivity contribution in [2.45, 2.75) is 31.2 Å². The minimum Gasteiger partial charge on any atom is -0.398 e. The molecule has 0 saturated carbocycles. The first-order valence-electron chi connectivity index (χ1n) is 5.96. The van der Waals surface area contributed by atoms with E-state index in [0.717, 1.165) is 4.47 Å². The fourth-order valence-corrected chi connectivity index (χ4v) is 3.61. The van der Waals surface area contributed by atoms with E-state index in [1.54, 1.807) is 12.1 Å². The van der Waals surface area contributed by atoms with Crippen LogP contribution < -0.4 is 10.5 Å². The van der Waals surface area contributed by atoms with Gasteiger partial charge >= 0.3 is 0 Å². The number of aliphatic hydroxyl groups is 1. The zero-order valence-corrected chi connectivity index (χ0v) is 13.3. The highest BCUT2D eigenvalue weighted by Gasteiger charge is 2.23. The van der Waals surface area contributed by atoms with Crippen LogP contribution in [0.3, 0.4) is 0 Å². The van der Waals surface area contributed by atoms with Crippen LogP contribution in [0.25, 0.3) is 0 Å². The number of hydrogen-bond donors (Lipinski definition) is 3. The molecule has 19 heavy (non-hydrogen) atoms. The molecule has 0 heterocycles. The maximum absolute atomic E-state index is 12.3. The summed E-state index contributed by atoms with van der Waals surface area (Å²) in [6.45, 7) is 3.72. The third-order valence-electron chi connectivity index (χ3n) is 2.81. The Morgan fingerprint density at radius 2 is 2.05 bits per heavy atom. The molecule has 0 aromatic heterocycles. The molecule has 1 unspecified atom stereocenters. The number of nitrogens with one attached hydrogen (secondary N) is 1. The predicted molar refractivity (Wildman–Crippen MR) is 79.2 cm³/mol. The van der Waals surface area contributed by atoms with Crippen LogP contribution in [0.15, 0.2) is 27.6 Å². The molecular weight excluding hydrogens is 332 g/mol. The minimum absolute atomic E-state index is 0.0549. The van der Waals surface area contributed by atoms with Crippen LogP contribution >= 0.6 is 15.9 Å². The Balaban J connectivity index is 3.03. The van der Waals surface area contributed by atoms with Crippen molar-refractivity contribution in [2.75, 3.05) is 12.3 Å². The third-order valence-corrected chi connectivity index (χ3v) is 4.87. The van der Waals surface area contributed by atoms with Crippen LogP contribution in [-0.4, -0.2) is 26.2 Å². The number of sulfonamides is 1. The van der Waals surface area contributed by atoms with Crippen molar-refractivity contribution in [1.82, 2.24) is 4.72 Å². The van der Waals surface area contributed by atoms with Gasteiger partial charge in [0, 0.05) is 17.1 Å². The number of aliphatic hydroxyl groups excluding tert-OH is 1. The fourth-order valence-electron chi connectivity index (χ4n) is 1.69. The molecule has 1 rings (SSSR count). The maximum atomic E-state index is 12.3. The van der Waals surface area contributed by atoms with Gasteiger partial charge in [0.1, 0.15) is 4.90 Å². The van der Waals surface area contributed by atoms with Gasteiger partial charge in [-0.3, -0.25) is 0 Å². The highest BCUT2D eigenvalue weighted by atomic mass is 79.9. The lowest BCUT2D eigenvalue weighted by Crippen LogP contribution is -2.39. The summed E-state index contributed by atoms with van der Waals surface area (Å²) in [7, 11) is -3.68. The molecule has 0 aliphatic heterocycles. The summed E-state index contributed by atoms with van der Waals surface area (Å²) in [4.78, 5) is 0.0549. The largest absolute Gasteiger partial charge is 0.398 e. The molecule has 1 aromatic carbocycles. The summed E-state index contributed by atoms with van der Waals surface area (Å²) in [6, 6.07) is 4.31. The molecule has 0 amide bonds. The van der Waals surface area contributed by atoms with Gasteiger partial charge in [0.15, 0.2) is 0 Å². The minimum atomic E-state index is -3.68. The van der Waals surface area contributed by atoms with Crippen molar-refractivity contribution in [3.05, 3.63) is 22.7 Å². The number of hydrogen-bond acceptors (Lipinski definition) is 4. The average molecular weight is 351 g/mol. The van der Waals surface area contributed by atoms with Gasteiger partial charge in [-0.25, -0.2) is 13.1 Å². The molecule has 0 aliphatic carbocycles. The van der Waals surface area contributed by atoms with Crippen molar-refractivity contribution < 1.29 is 13.5 Å². The molecule has 0 fully saturated rings. The Kier molecular flexibility index (Phi) is 5.79. The number of nitrogen functional groups attached to an aromatic ring is 1. The Labute approximate surface area is 122 Å². The standard InChI is InChI=1S/C12H19BrN2O3S/c1-8(2)11(5-6-16)15-19(17,18)12-4-3-9(13)7-10(12)14/h3-4,7-8,11,15-16H,5-6,14H2,1-2H3. The molecule has 0 spiro atoms. The normalized spacial score (nSPS) is 13.7. The quantitative estimate of drug-likeness (QED) is 0.681. The van der Waals surface area contributed by atoms with E-state index >= 15 is 0 Å². The summed E-state index contributed by atoms with van der Waals surface area (Å²) in [6.07, 6.45) is 0.368. The first kappa shape index (κ1) is 16.4. The Bertz CT molecular complexity index is 532. The first-order valence-corrected chi connectivity index (χ1v) is 8.23. The van der Waals surface area contributed by atoms with Crippen molar-refractivity contribution in [1.29, 1.82) is 0 Å². The van der Waals surface area contributed by atoms with Gasteiger partial charge < -0.3 is 10.8 Å². The third kappa shape index (κ3) is 4.45. The van der Waals surface area contributed by atoms with Gasteiger partial charge in [-0.15, -0.1) is 0 Å². The van der Waals surface area contributed by atoms with E-state index in [1.807, 2.05) is 13.8 Å². The maximum Gasteiger partial charge on any atom is 0.242 e. The molecule has 108 valence electrons. The second-order valence-corrected chi connectivity index (χ2v) is 7.26. The zero-order valence-electron chi connectivity index (χ0n) is 10.9. The topological polar surface area (TPSA) is 92.4 Å². The van der Waals surface area contributed by atoms with Crippen LogP contribution in [0, 0.1) is 5.92 Å². The summed E-state index contributed by atoms with van der Waals surface area (Å²) >= 11 is 3.23. The summed E-state index contributed by atoms with van der Waals surface area (Å²) in [5.74, 6) is 0.0820. The van der Waals surface area contributed by atoms with E-state index in [9.17, 15) is 8.42 Å². The van der Waals surface area contributed by atoms with E-state index in [-0.39, 0.29) is 29.1 Å². The molecule has 1 atom stereocenters. The SMILES string of the molecule is CC(C)C(CCO)NS(=O)(=O)c1ccc(Br)cc1N. The molecule has 4 N–H and O–H groups in total. The molecule has 0 bridgehead atoms. The van der Waals surface area contributed by atoms with Gasteiger partial charge in [0.25, 0.3) is 0 Å². The highest BCUT2D eigenvalue weighted by Crippen LogP contribution is 2.23. The first-order chi connectivity index (χ1) is 8.77. The van der Waals surface area contributed by atoms with Crippen LogP contribution in [0.2, 0.25) is 0 Å². The average Bonchev–Trinajstić information content (AvgIpc) is 2.27. The van der Waals surface area contributed by atoms with Gasteiger partial charge in [0.2, 0.25) is 10.0 Å². The lowest BCUT2D eigenvalue weighted by atomic mass is 10.0. The van der Waals surface area contributed by atoms with Gasteiger partial charge in [-0.1, -0.05) is 29.8 Å². The number of nitrogens with two attached hydrogens (primary N) is 1. The molecule has 5 nitrogen and oxygen atoms in total. The second kappa shape index (κ2) is 6.69. The number of rotatable bonds is 6. The van der Waals surface area contributed by atoms with E-state index in [2.05, 4.69) is 20.7 Å². The predicted octanol–water partition coefficient (Wildman–Crippen LogP) is 1.72. The van der Waals surface area contributed by atoms with Crippen LogP contribution in [0.4, 0.5) is 5.69 Å². The van der Waals surface area contributed by atoms with E-state index in [1.165, 1.54) is 6.07 Å². The summed E-state index contributed by atoms with van der Waals surface area (Å²) in [5.41, 5.74) is 5.92. The number of anilines is 1. The monoisotopic (exact) mass is 350 g/mol. The summed E-state index contributed by atoms with van der Waals surface area (Å²) < 4.78 is 27.8. The number of halogens is 1. The number of benzene rings is 1. The van der Waals surface area contributed by atoms with Crippen molar-refractivity contribution in [3.63, 3.8) is 0 Å². The van der Waals surface area contributed by atoms with Crippen LogP contribution in [0.1, 0.15) is 20.3 Å². The smallest absolute Gasteiger partial charge is 0.242 e. The highest BCUT2D eigenvalue weighted by molar-refractivity contribution is 9.10.